The summed E-state index contributed by atoms with van der Waals surface area (Å²) in [4.78, 5) is 22.8. The third kappa shape index (κ3) is 4.57. The molecule has 19 heavy (non-hydrogen) atoms. The van der Waals surface area contributed by atoms with Gasteiger partial charge in [0.05, 0.1) is 17.9 Å². The Labute approximate surface area is 110 Å². The van der Waals surface area contributed by atoms with Crippen LogP contribution in [0.25, 0.3) is 0 Å². The van der Waals surface area contributed by atoms with E-state index >= 15 is 0 Å². The van der Waals surface area contributed by atoms with Gasteiger partial charge in [-0.05, 0) is 25.5 Å². The molecule has 0 fully saturated rings. The van der Waals surface area contributed by atoms with Gasteiger partial charge in [0.2, 0.25) is 0 Å². The lowest BCUT2D eigenvalue weighted by atomic mass is 10.1. The number of benzene rings is 1. The van der Waals surface area contributed by atoms with Crippen molar-refractivity contribution in [2.24, 2.45) is 0 Å². The van der Waals surface area contributed by atoms with E-state index in [-0.39, 0.29) is 23.6 Å². The monoisotopic (exact) mass is 268 g/mol. The number of para-hydroxylation sites is 1. The van der Waals surface area contributed by atoms with Crippen LogP contribution in [0.15, 0.2) is 18.2 Å². The Balaban J connectivity index is 2.40. The summed E-state index contributed by atoms with van der Waals surface area (Å²) in [5.41, 5.74) is 5.38. The van der Waals surface area contributed by atoms with E-state index in [4.69, 9.17) is 10.5 Å². The van der Waals surface area contributed by atoms with Gasteiger partial charge in [-0.25, -0.2) is 4.39 Å². The molecular weight excluding hydrogens is 251 g/mol. The number of halogens is 1. The van der Waals surface area contributed by atoms with Crippen molar-refractivity contribution in [3.05, 3.63) is 29.6 Å². The smallest absolute Gasteiger partial charge is 0.305 e. The predicted molar refractivity (Wildman–Crippen MR) is 69.0 cm³/mol. The number of nitrogens with one attached hydrogen (secondary N) is 1. The average molecular weight is 268 g/mol. The van der Waals surface area contributed by atoms with Gasteiger partial charge in [-0.2, -0.15) is 0 Å². The number of carbonyl (C=O) groups is 2. The maximum atomic E-state index is 13.2. The van der Waals surface area contributed by atoms with Gasteiger partial charge in [-0.1, -0.05) is 6.07 Å². The van der Waals surface area contributed by atoms with E-state index in [2.05, 4.69) is 5.32 Å². The highest BCUT2D eigenvalue weighted by molar-refractivity contribution is 5.99. The third-order valence-corrected chi connectivity index (χ3v) is 2.45. The van der Waals surface area contributed by atoms with Gasteiger partial charge < -0.3 is 15.8 Å². The summed E-state index contributed by atoms with van der Waals surface area (Å²) in [5, 5.41) is 2.57. The van der Waals surface area contributed by atoms with Crippen LogP contribution in [0.3, 0.4) is 0 Å². The molecule has 1 rings (SSSR count). The number of esters is 1. The summed E-state index contributed by atoms with van der Waals surface area (Å²) in [5.74, 6) is -1.39. The van der Waals surface area contributed by atoms with Gasteiger partial charge in [-0.3, -0.25) is 9.59 Å². The Hall–Kier alpha value is -2.11. The largest absolute Gasteiger partial charge is 0.466 e. The number of amides is 1. The van der Waals surface area contributed by atoms with E-state index in [1.807, 2.05) is 0 Å². The molecule has 3 N–H and O–H groups in total. The first-order chi connectivity index (χ1) is 9.06. The highest BCUT2D eigenvalue weighted by Gasteiger charge is 2.12. The van der Waals surface area contributed by atoms with Crippen LogP contribution in [0.4, 0.5) is 10.1 Å². The fourth-order valence-corrected chi connectivity index (χ4v) is 1.50. The summed E-state index contributed by atoms with van der Waals surface area (Å²) in [6, 6.07) is 4.05. The zero-order valence-corrected chi connectivity index (χ0v) is 10.7. The topological polar surface area (TPSA) is 81.4 Å². The Kier molecular flexibility index (Phi) is 5.78. The standard InChI is InChI=1S/C13H17FN2O3/c1-2-19-11(17)7-4-8-16-13(18)9-5-3-6-10(14)12(9)15/h3,5-6H,2,4,7-8,15H2,1H3,(H,16,18). The number of hydrogen-bond donors (Lipinski definition) is 2. The van der Waals surface area contributed by atoms with Gasteiger partial charge in [0.1, 0.15) is 5.82 Å². The molecule has 0 spiro atoms. The molecule has 0 bridgehead atoms. The SMILES string of the molecule is CCOC(=O)CCCNC(=O)c1cccc(F)c1N. The normalized spacial score (nSPS) is 10.0. The van der Waals surface area contributed by atoms with Crippen LogP contribution in [-0.2, 0) is 9.53 Å². The first-order valence-corrected chi connectivity index (χ1v) is 6.04. The van der Waals surface area contributed by atoms with Gasteiger partial charge in [-0.15, -0.1) is 0 Å². The summed E-state index contributed by atoms with van der Waals surface area (Å²) < 4.78 is 17.9. The minimum Gasteiger partial charge on any atom is -0.466 e. The highest BCUT2D eigenvalue weighted by atomic mass is 19.1. The number of carbonyl (C=O) groups excluding carboxylic acids is 2. The van der Waals surface area contributed by atoms with Gasteiger partial charge in [0, 0.05) is 13.0 Å². The van der Waals surface area contributed by atoms with E-state index < -0.39 is 11.7 Å². The molecule has 6 heteroatoms. The first kappa shape index (κ1) is 14.9. The molecule has 0 saturated carbocycles. The maximum absolute atomic E-state index is 13.2. The molecule has 104 valence electrons. The molecule has 1 aromatic rings. The minimum absolute atomic E-state index is 0.0936. The van der Waals surface area contributed by atoms with E-state index in [0.717, 1.165) is 0 Å². The lowest BCUT2D eigenvalue weighted by molar-refractivity contribution is -0.143. The van der Waals surface area contributed by atoms with Crippen molar-refractivity contribution in [2.45, 2.75) is 19.8 Å². The Morgan fingerprint density at radius 2 is 2.16 bits per heavy atom. The molecule has 0 heterocycles. The van der Waals surface area contributed by atoms with Gasteiger partial charge in [0.15, 0.2) is 0 Å². The highest BCUT2D eigenvalue weighted by Crippen LogP contribution is 2.15. The zero-order chi connectivity index (χ0) is 14.3. The van der Waals surface area contributed by atoms with Crippen LogP contribution in [-0.4, -0.2) is 25.0 Å². The number of ether oxygens (including phenoxy) is 1. The predicted octanol–water partition coefficient (Wildman–Crippen LogP) is 1.48. The van der Waals surface area contributed by atoms with Crippen molar-refractivity contribution in [3.8, 4) is 0 Å². The molecule has 1 aromatic carbocycles. The number of anilines is 1. The van der Waals surface area contributed by atoms with Crippen molar-refractivity contribution in [1.82, 2.24) is 5.32 Å². The fraction of sp³-hybridized carbons (Fsp3) is 0.385. The Morgan fingerprint density at radius 1 is 1.42 bits per heavy atom. The summed E-state index contributed by atoms with van der Waals surface area (Å²) in [6.45, 7) is 2.37. The van der Waals surface area contributed by atoms with Crippen LogP contribution < -0.4 is 11.1 Å². The Morgan fingerprint density at radius 3 is 2.84 bits per heavy atom. The maximum Gasteiger partial charge on any atom is 0.305 e. The molecule has 0 unspecified atom stereocenters. The zero-order valence-electron chi connectivity index (χ0n) is 10.7. The number of rotatable bonds is 6. The van der Waals surface area contributed by atoms with Gasteiger partial charge >= 0.3 is 5.97 Å². The van der Waals surface area contributed by atoms with Crippen LogP contribution in [0.2, 0.25) is 0 Å². The van der Waals surface area contributed by atoms with Crippen molar-refractivity contribution in [1.29, 1.82) is 0 Å². The lowest BCUT2D eigenvalue weighted by Crippen LogP contribution is -2.26. The lowest BCUT2D eigenvalue weighted by Gasteiger charge is -2.07. The van der Waals surface area contributed by atoms with Crippen LogP contribution >= 0.6 is 0 Å². The third-order valence-electron chi connectivity index (χ3n) is 2.45. The van der Waals surface area contributed by atoms with Crippen molar-refractivity contribution in [3.63, 3.8) is 0 Å². The molecule has 5 nitrogen and oxygen atoms in total. The molecule has 0 atom stereocenters. The molecule has 0 radical (unpaired) electrons. The molecular formula is C13H17FN2O3. The van der Waals surface area contributed by atoms with Crippen LogP contribution in [0.1, 0.15) is 30.1 Å². The first-order valence-electron chi connectivity index (χ1n) is 6.04. The van der Waals surface area contributed by atoms with Crippen LogP contribution in [0.5, 0.6) is 0 Å². The number of nitrogens with two attached hydrogens (primary N) is 1. The summed E-state index contributed by atoms with van der Waals surface area (Å²) >= 11 is 0. The number of nitrogen functional groups attached to an aromatic ring is 1. The minimum atomic E-state index is -0.626. The van der Waals surface area contributed by atoms with Crippen LogP contribution in [0, 0.1) is 5.82 Å². The molecule has 0 aliphatic heterocycles. The molecule has 1 amide bonds. The van der Waals surface area contributed by atoms with E-state index in [1.165, 1.54) is 18.2 Å². The second-order valence-corrected chi connectivity index (χ2v) is 3.87. The number of hydrogen-bond acceptors (Lipinski definition) is 4. The second-order valence-electron chi connectivity index (χ2n) is 3.87. The van der Waals surface area contributed by atoms with Crippen molar-refractivity contribution < 1.29 is 18.7 Å². The molecule has 0 aliphatic rings. The molecule has 0 aromatic heterocycles. The van der Waals surface area contributed by atoms with Crippen molar-refractivity contribution >= 4 is 17.6 Å². The quantitative estimate of drug-likeness (QED) is 0.465. The average Bonchev–Trinajstić information content (AvgIpc) is 2.38. The molecule has 0 saturated heterocycles. The summed E-state index contributed by atoms with van der Waals surface area (Å²) in [7, 11) is 0. The van der Waals surface area contributed by atoms with Gasteiger partial charge in [0.25, 0.3) is 5.91 Å². The van der Waals surface area contributed by atoms with E-state index in [9.17, 15) is 14.0 Å². The van der Waals surface area contributed by atoms with Crippen molar-refractivity contribution in [2.75, 3.05) is 18.9 Å². The summed E-state index contributed by atoms with van der Waals surface area (Å²) in [6.07, 6.45) is 0.687. The fourth-order valence-electron chi connectivity index (χ4n) is 1.50. The van der Waals surface area contributed by atoms with E-state index in [0.29, 0.717) is 19.6 Å². The molecule has 0 aliphatic carbocycles. The Bertz CT molecular complexity index is 463. The van der Waals surface area contributed by atoms with E-state index in [1.54, 1.807) is 6.92 Å². The second kappa shape index (κ2) is 7.35.